The lowest BCUT2D eigenvalue weighted by atomic mass is 9.96. The van der Waals surface area contributed by atoms with Crippen molar-refractivity contribution in [3.8, 4) is 5.75 Å². The normalized spacial score (nSPS) is 14.2. The van der Waals surface area contributed by atoms with E-state index in [-0.39, 0.29) is 34.5 Å². The topological polar surface area (TPSA) is 94.5 Å². The van der Waals surface area contributed by atoms with Crippen molar-refractivity contribution in [3.63, 3.8) is 0 Å². The lowest BCUT2D eigenvalue weighted by Gasteiger charge is -2.22. The number of esters is 1. The highest BCUT2D eigenvalue weighted by Gasteiger charge is 2.27. The molecule has 2 N–H and O–H groups in total. The summed E-state index contributed by atoms with van der Waals surface area (Å²) in [6, 6.07) is 18.5. The average Bonchev–Trinajstić information content (AvgIpc) is 3.36. The van der Waals surface area contributed by atoms with Crippen molar-refractivity contribution >= 4 is 51.9 Å². The quantitative estimate of drug-likeness (QED) is 0.149. The molecule has 0 bridgehead atoms. The maximum atomic E-state index is 12.8. The number of fused-ring (bicyclic) bond motifs is 1. The Kier molecular flexibility index (Phi) is 11.2. The molecule has 1 aliphatic rings. The first-order valence-electron chi connectivity index (χ1n) is 15.8. The Morgan fingerprint density at radius 1 is 1.00 bits per heavy atom. The molecule has 1 fully saturated rings. The number of carbonyl (C=O) groups excluding carboxylic acids is 2. The molecule has 1 heterocycles. The van der Waals surface area contributed by atoms with Crippen molar-refractivity contribution in [1.82, 2.24) is 14.9 Å². The van der Waals surface area contributed by atoms with Crippen LogP contribution >= 0.6 is 23.2 Å². The Labute approximate surface area is 274 Å². The number of unbranched alkanes of at least 4 members (excludes halogenated alkanes) is 1. The van der Waals surface area contributed by atoms with E-state index >= 15 is 0 Å². The van der Waals surface area contributed by atoms with Crippen LogP contribution < -0.4 is 15.4 Å². The summed E-state index contributed by atoms with van der Waals surface area (Å²) >= 11 is 13.5. The molecule has 4 aromatic rings. The Bertz CT molecular complexity index is 1600. The van der Waals surface area contributed by atoms with Crippen molar-refractivity contribution in [2.24, 2.45) is 0 Å². The summed E-state index contributed by atoms with van der Waals surface area (Å²) in [4.78, 5) is 30.5. The minimum Gasteiger partial charge on any atom is -0.471 e. The number of urea groups is 1. The van der Waals surface area contributed by atoms with Gasteiger partial charge in [0.05, 0.1) is 27.7 Å². The standard InChI is InChI=1S/C35H40Cl2N4O4/c1-3-5-16-31-40-29-18-17-26(39-35(43)38-25-14-10-7-11-15-25)21-30(29)41(31)22-23-19-27(36)33(28(37)20-23)45-32(34(42)44-4-2)24-12-8-6-9-13-24/h6,8-9,12-13,17-21,25,32H,3-5,7,10-11,14-16,22H2,1-2H3,(H2,38,39,43). The number of nitrogens with zero attached hydrogens (tertiary/aromatic N) is 2. The van der Waals surface area contributed by atoms with Crippen molar-refractivity contribution < 1.29 is 19.1 Å². The number of anilines is 1. The summed E-state index contributed by atoms with van der Waals surface area (Å²) < 4.78 is 13.5. The number of rotatable bonds is 12. The van der Waals surface area contributed by atoms with Gasteiger partial charge >= 0.3 is 12.0 Å². The number of hydrogen-bond donors (Lipinski definition) is 2. The number of halogens is 2. The molecule has 0 aliphatic heterocycles. The van der Waals surface area contributed by atoms with E-state index in [1.807, 2.05) is 36.4 Å². The summed E-state index contributed by atoms with van der Waals surface area (Å²) in [5.74, 6) is 0.623. The summed E-state index contributed by atoms with van der Waals surface area (Å²) in [5, 5.41) is 6.69. The first kappa shape index (κ1) is 32.6. The zero-order chi connectivity index (χ0) is 31.8. The van der Waals surface area contributed by atoms with Crippen LogP contribution in [0.15, 0.2) is 60.7 Å². The van der Waals surface area contributed by atoms with Crippen molar-refractivity contribution in [2.75, 3.05) is 11.9 Å². The van der Waals surface area contributed by atoms with E-state index in [0.29, 0.717) is 17.8 Å². The van der Waals surface area contributed by atoms with Gasteiger partial charge in [0, 0.05) is 30.3 Å². The lowest BCUT2D eigenvalue weighted by molar-refractivity contribution is -0.151. The van der Waals surface area contributed by atoms with Gasteiger partial charge in [-0.25, -0.2) is 14.6 Å². The van der Waals surface area contributed by atoms with Gasteiger partial charge in [0.25, 0.3) is 0 Å². The Morgan fingerprint density at radius 2 is 1.73 bits per heavy atom. The highest BCUT2D eigenvalue weighted by molar-refractivity contribution is 6.37. The number of hydrogen-bond acceptors (Lipinski definition) is 5. The van der Waals surface area contributed by atoms with E-state index in [9.17, 15) is 9.59 Å². The van der Waals surface area contributed by atoms with Crippen LogP contribution in [0.3, 0.4) is 0 Å². The van der Waals surface area contributed by atoms with E-state index in [1.165, 1.54) is 6.42 Å². The number of imidazole rings is 1. The van der Waals surface area contributed by atoms with E-state index in [1.54, 1.807) is 31.2 Å². The second-order valence-electron chi connectivity index (χ2n) is 11.4. The third-order valence-electron chi connectivity index (χ3n) is 8.02. The SMILES string of the molecule is CCCCc1nc2ccc(NC(=O)NC3CCCCC3)cc2n1Cc1cc(Cl)c(OC(C(=O)OCC)c2ccccc2)c(Cl)c1. The van der Waals surface area contributed by atoms with Crippen LogP contribution in [0.1, 0.15) is 81.8 Å². The van der Waals surface area contributed by atoms with Crippen molar-refractivity contribution in [3.05, 3.63) is 87.7 Å². The second-order valence-corrected chi connectivity index (χ2v) is 12.2. The van der Waals surface area contributed by atoms with Crippen molar-refractivity contribution in [1.29, 1.82) is 0 Å². The van der Waals surface area contributed by atoms with E-state index in [4.69, 9.17) is 37.7 Å². The highest BCUT2D eigenvalue weighted by Crippen LogP contribution is 2.38. The maximum Gasteiger partial charge on any atom is 0.352 e. The molecule has 1 saturated carbocycles. The molecule has 10 heteroatoms. The summed E-state index contributed by atoms with van der Waals surface area (Å²) in [6.45, 7) is 4.56. The van der Waals surface area contributed by atoms with E-state index in [0.717, 1.165) is 67.4 Å². The number of benzene rings is 3. The van der Waals surface area contributed by atoms with Crippen molar-refractivity contribution in [2.45, 2.75) is 83.9 Å². The van der Waals surface area contributed by atoms with Gasteiger partial charge in [0.15, 0.2) is 5.75 Å². The molecule has 0 spiro atoms. The maximum absolute atomic E-state index is 12.8. The van der Waals surface area contributed by atoms with Gasteiger partial charge < -0.3 is 24.7 Å². The molecule has 1 aliphatic carbocycles. The summed E-state index contributed by atoms with van der Waals surface area (Å²) in [7, 11) is 0. The second kappa shape index (κ2) is 15.5. The van der Waals surface area contributed by atoms with Crippen LogP contribution in [-0.4, -0.2) is 34.2 Å². The van der Waals surface area contributed by atoms with Crippen LogP contribution in [0.4, 0.5) is 10.5 Å². The highest BCUT2D eigenvalue weighted by atomic mass is 35.5. The molecule has 0 radical (unpaired) electrons. The van der Waals surface area contributed by atoms with Gasteiger partial charge in [0.1, 0.15) is 5.82 Å². The lowest BCUT2D eigenvalue weighted by Crippen LogP contribution is -2.39. The third kappa shape index (κ3) is 8.30. The predicted octanol–water partition coefficient (Wildman–Crippen LogP) is 8.87. The minimum atomic E-state index is -1.02. The van der Waals surface area contributed by atoms with Gasteiger partial charge in [-0.3, -0.25) is 0 Å². The molecule has 1 atom stereocenters. The molecular weight excluding hydrogens is 611 g/mol. The largest absolute Gasteiger partial charge is 0.471 e. The smallest absolute Gasteiger partial charge is 0.352 e. The molecule has 45 heavy (non-hydrogen) atoms. The molecule has 5 rings (SSSR count). The van der Waals surface area contributed by atoms with Crippen LogP contribution in [-0.2, 0) is 22.5 Å². The Hall–Kier alpha value is -3.75. The monoisotopic (exact) mass is 650 g/mol. The van der Waals surface area contributed by atoms with Crippen LogP contribution in [0.25, 0.3) is 11.0 Å². The molecule has 0 saturated heterocycles. The van der Waals surface area contributed by atoms with Gasteiger partial charge in [0.2, 0.25) is 6.10 Å². The summed E-state index contributed by atoms with van der Waals surface area (Å²) in [5.41, 5.74) is 3.92. The number of ether oxygens (including phenoxy) is 2. The average molecular weight is 652 g/mol. The number of carbonyl (C=O) groups is 2. The van der Waals surface area contributed by atoms with Crippen LogP contribution in [0, 0.1) is 0 Å². The fourth-order valence-electron chi connectivity index (χ4n) is 5.77. The van der Waals surface area contributed by atoms with Gasteiger partial charge in [-0.15, -0.1) is 0 Å². The molecule has 8 nitrogen and oxygen atoms in total. The number of amides is 2. The first-order chi connectivity index (χ1) is 21.9. The number of aromatic nitrogens is 2. The fourth-order valence-corrected chi connectivity index (χ4v) is 6.39. The molecule has 3 aromatic carbocycles. The molecular formula is C35H40Cl2N4O4. The molecule has 1 aromatic heterocycles. The Morgan fingerprint density at radius 3 is 2.42 bits per heavy atom. The van der Waals surface area contributed by atoms with Gasteiger partial charge in [-0.05, 0) is 62.1 Å². The van der Waals surface area contributed by atoms with E-state index in [2.05, 4.69) is 22.1 Å². The number of aryl methyl sites for hydroxylation is 1. The molecule has 238 valence electrons. The Balaban J connectivity index is 1.41. The molecule has 1 unspecified atom stereocenters. The van der Waals surface area contributed by atoms with Gasteiger partial charge in [-0.2, -0.15) is 0 Å². The third-order valence-corrected chi connectivity index (χ3v) is 8.58. The zero-order valence-electron chi connectivity index (χ0n) is 25.8. The fraction of sp³-hybridized carbons (Fsp3) is 0.400. The van der Waals surface area contributed by atoms with E-state index < -0.39 is 12.1 Å². The zero-order valence-corrected chi connectivity index (χ0v) is 27.3. The van der Waals surface area contributed by atoms with Crippen LogP contribution in [0.2, 0.25) is 10.0 Å². The first-order valence-corrected chi connectivity index (χ1v) is 16.5. The molecule has 2 amide bonds. The predicted molar refractivity (Wildman–Crippen MR) is 179 cm³/mol. The van der Waals surface area contributed by atoms with Gasteiger partial charge in [-0.1, -0.05) is 86.1 Å². The summed E-state index contributed by atoms with van der Waals surface area (Å²) in [6.07, 6.45) is 7.37. The minimum absolute atomic E-state index is 0.190. The number of nitrogens with one attached hydrogen (secondary N) is 2. The van der Waals surface area contributed by atoms with Crippen LogP contribution in [0.5, 0.6) is 5.75 Å².